The van der Waals surface area contributed by atoms with Crippen LogP contribution in [0.3, 0.4) is 0 Å². The van der Waals surface area contributed by atoms with Gasteiger partial charge >= 0.3 is 0 Å². The highest BCUT2D eigenvalue weighted by atomic mass is 35.5. The molecule has 34 heavy (non-hydrogen) atoms. The first-order valence-corrected chi connectivity index (χ1v) is 12.9. The third-order valence-corrected chi connectivity index (χ3v) is 8.21. The van der Waals surface area contributed by atoms with Crippen molar-refractivity contribution in [2.45, 2.75) is 30.9 Å². The van der Waals surface area contributed by atoms with E-state index in [1.165, 1.54) is 35.6 Å². The molecule has 1 N–H and O–H groups in total. The molecule has 0 fully saturated rings. The molecule has 8 nitrogen and oxygen atoms in total. The Morgan fingerprint density at radius 2 is 1.82 bits per heavy atom. The SMILES string of the molecule is C[C@H]1CN([C@@H](C)CO)C(=O)c2cc(N(C)C)ccc2O[C@@H]1CN(C)S(=O)(=O)c1ccc(Cl)cc1. The summed E-state index contributed by atoms with van der Waals surface area (Å²) in [5.41, 5.74) is 1.21. The van der Waals surface area contributed by atoms with Crippen LogP contribution in [0.15, 0.2) is 47.4 Å². The number of ether oxygens (including phenoxy) is 1. The van der Waals surface area contributed by atoms with E-state index in [2.05, 4.69) is 0 Å². The van der Waals surface area contributed by atoms with Crippen molar-refractivity contribution in [2.24, 2.45) is 5.92 Å². The zero-order chi connectivity index (χ0) is 25.2. The number of sulfonamides is 1. The van der Waals surface area contributed by atoms with E-state index in [1.807, 2.05) is 32.0 Å². The molecule has 3 atom stereocenters. The predicted molar refractivity (Wildman–Crippen MR) is 133 cm³/mol. The summed E-state index contributed by atoms with van der Waals surface area (Å²) in [5.74, 6) is -0.0465. The van der Waals surface area contributed by atoms with Gasteiger partial charge in [-0.05, 0) is 49.4 Å². The second-order valence-electron chi connectivity index (χ2n) is 8.94. The number of benzene rings is 2. The van der Waals surface area contributed by atoms with Crippen molar-refractivity contribution in [3.05, 3.63) is 53.1 Å². The quantitative estimate of drug-likeness (QED) is 0.617. The van der Waals surface area contributed by atoms with Crippen LogP contribution in [-0.2, 0) is 10.0 Å². The zero-order valence-corrected chi connectivity index (χ0v) is 21.7. The maximum absolute atomic E-state index is 13.4. The molecule has 2 aromatic rings. The molecule has 0 spiro atoms. The Labute approximate surface area is 206 Å². The Bertz CT molecular complexity index is 1120. The van der Waals surface area contributed by atoms with Crippen LogP contribution in [-0.4, -0.2) is 81.6 Å². The maximum atomic E-state index is 13.4. The first-order valence-electron chi connectivity index (χ1n) is 11.1. The third-order valence-electron chi connectivity index (χ3n) is 6.12. The third kappa shape index (κ3) is 5.49. The Balaban J connectivity index is 1.97. The number of aliphatic hydroxyl groups is 1. The molecule has 10 heteroatoms. The van der Waals surface area contributed by atoms with Crippen LogP contribution >= 0.6 is 11.6 Å². The van der Waals surface area contributed by atoms with Crippen LogP contribution in [0.5, 0.6) is 5.75 Å². The van der Waals surface area contributed by atoms with Gasteiger partial charge < -0.3 is 19.6 Å². The largest absolute Gasteiger partial charge is 0.488 e. The van der Waals surface area contributed by atoms with E-state index in [1.54, 1.807) is 24.0 Å². The topological polar surface area (TPSA) is 90.4 Å². The minimum atomic E-state index is -3.77. The van der Waals surface area contributed by atoms with Gasteiger partial charge in [0.05, 0.1) is 29.7 Å². The lowest BCUT2D eigenvalue weighted by molar-refractivity contribution is 0.0387. The Morgan fingerprint density at radius 3 is 2.41 bits per heavy atom. The first kappa shape index (κ1) is 26.3. The van der Waals surface area contributed by atoms with Gasteiger partial charge in [0, 0.05) is 44.3 Å². The van der Waals surface area contributed by atoms with E-state index in [4.69, 9.17) is 16.3 Å². The fourth-order valence-corrected chi connectivity index (χ4v) is 5.15. The Hall–Kier alpha value is -2.33. The summed E-state index contributed by atoms with van der Waals surface area (Å²) in [6, 6.07) is 11.0. The molecule has 0 aliphatic carbocycles. The number of hydrogen-bond acceptors (Lipinski definition) is 6. The molecule has 0 saturated heterocycles. The van der Waals surface area contributed by atoms with Gasteiger partial charge in [-0.3, -0.25) is 4.79 Å². The summed E-state index contributed by atoms with van der Waals surface area (Å²) in [4.78, 5) is 17.1. The molecule has 1 aliphatic heterocycles. The van der Waals surface area contributed by atoms with E-state index in [9.17, 15) is 18.3 Å². The van der Waals surface area contributed by atoms with E-state index < -0.39 is 22.2 Å². The number of rotatable bonds is 7. The Morgan fingerprint density at radius 1 is 1.18 bits per heavy atom. The van der Waals surface area contributed by atoms with Crippen molar-refractivity contribution in [1.82, 2.24) is 9.21 Å². The van der Waals surface area contributed by atoms with E-state index in [-0.39, 0.29) is 29.9 Å². The summed E-state index contributed by atoms with van der Waals surface area (Å²) >= 11 is 5.91. The molecular weight excluding hydrogens is 478 g/mol. The fraction of sp³-hybridized carbons (Fsp3) is 0.458. The second kappa shape index (κ2) is 10.5. The number of halogens is 1. The van der Waals surface area contributed by atoms with Crippen LogP contribution in [0.4, 0.5) is 5.69 Å². The molecule has 1 amide bonds. The smallest absolute Gasteiger partial charge is 0.258 e. The van der Waals surface area contributed by atoms with Crippen LogP contribution in [0.25, 0.3) is 0 Å². The van der Waals surface area contributed by atoms with Crippen molar-refractivity contribution >= 4 is 33.2 Å². The lowest BCUT2D eigenvalue weighted by Crippen LogP contribution is -2.50. The highest BCUT2D eigenvalue weighted by molar-refractivity contribution is 7.89. The van der Waals surface area contributed by atoms with Crippen molar-refractivity contribution < 1.29 is 23.1 Å². The average molecular weight is 510 g/mol. The van der Waals surface area contributed by atoms with Crippen molar-refractivity contribution in [3.8, 4) is 5.75 Å². The van der Waals surface area contributed by atoms with Crippen molar-refractivity contribution in [2.75, 3.05) is 45.7 Å². The highest BCUT2D eigenvalue weighted by Gasteiger charge is 2.35. The van der Waals surface area contributed by atoms with E-state index in [0.29, 0.717) is 22.9 Å². The van der Waals surface area contributed by atoms with Gasteiger partial charge in [-0.1, -0.05) is 18.5 Å². The summed E-state index contributed by atoms with van der Waals surface area (Å²) in [7, 11) is 1.50. The van der Waals surface area contributed by atoms with Crippen molar-refractivity contribution in [1.29, 1.82) is 0 Å². The summed E-state index contributed by atoms with van der Waals surface area (Å²) in [6.45, 7) is 3.91. The number of anilines is 1. The fourth-order valence-electron chi connectivity index (χ4n) is 3.84. The second-order valence-corrected chi connectivity index (χ2v) is 11.4. The molecule has 0 aromatic heterocycles. The van der Waals surface area contributed by atoms with Gasteiger partial charge in [-0.25, -0.2) is 8.42 Å². The monoisotopic (exact) mass is 509 g/mol. The maximum Gasteiger partial charge on any atom is 0.258 e. The first-order chi connectivity index (χ1) is 15.9. The standard InChI is InChI=1S/C24H32ClN3O5S/c1-16-13-28(17(2)15-29)24(30)21-12-19(26(3)4)8-11-22(21)33-23(16)14-27(5)34(31,32)20-9-6-18(25)7-10-20/h6-12,16-17,23,29H,13-15H2,1-5H3/t16-,17-,23+/m0/s1. The average Bonchev–Trinajstić information content (AvgIpc) is 2.80. The molecule has 186 valence electrons. The van der Waals surface area contributed by atoms with Gasteiger partial charge in [-0.15, -0.1) is 0 Å². The molecule has 1 heterocycles. The molecule has 0 radical (unpaired) electrons. The molecule has 2 aromatic carbocycles. The number of fused-ring (bicyclic) bond motifs is 1. The molecule has 1 aliphatic rings. The molecule has 0 saturated carbocycles. The Kier molecular flexibility index (Phi) is 8.13. The number of amides is 1. The van der Waals surface area contributed by atoms with Gasteiger partial charge in [-0.2, -0.15) is 4.31 Å². The van der Waals surface area contributed by atoms with E-state index in [0.717, 1.165) is 5.69 Å². The normalized spacial score (nSPS) is 19.8. The predicted octanol–water partition coefficient (Wildman–Crippen LogP) is 2.95. The summed E-state index contributed by atoms with van der Waals surface area (Å²) in [6.07, 6.45) is -0.530. The number of nitrogens with zero attached hydrogens (tertiary/aromatic N) is 3. The van der Waals surface area contributed by atoms with Gasteiger partial charge in [0.15, 0.2) is 0 Å². The number of carbonyl (C=O) groups excluding carboxylic acids is 1. The lowest BCUT2D eigenvalue weighted by Gasteiger charge is -2.38. The van der Waals surface area contributed by atoms with Gasteiger partial charge in [0.25, 0.3) is 5.91 Å². The van der Waals surface area contributed by atoms with Crippen LogP contribution in [0.1, 0.15) is 24.2 Å². The number of carbonyl (C=O) groups is 1. The summed E-state index contributed by atoms with van der Waals surface area (Å²) < 4.78 is 33.8. The molecule has 0 unspecified atom stereocenters. The molecular formula is C24H32ClN3O5S. The van der Waals surface area contributed by atoms with Crippen LogP contribution < -0.4 is 9.64 Å². The number of aliphatic hydroxyl groups excluding tert-OH is 1. The van der Waals surface area contributed by atoms with Gasteiger partial charge in [0.2, 0.25) is 10.0 Å². The number of likely N-dealkylation sites (N-methyl/N-ethyl adjacent to an activating group) is 1. The van der Waals surface area contributed by atoms with Gasteiger partial charge in [0.1, 0.15) is 11.9 Å². The molecule has 3 rings (SSSR count). The van der Waals surface area contributed by atoms with E-state index >= 15 is 0 Å². The van der Waals surface area contributed by atoms with Crippen LogP contribution in [0.2, 0.25) is 5.02 Å². The molecule has 0 bridgehead atoms. The zero-order valence-electron chi connectivity index (χ0n) is 20.1. The van der Waals surface area contributed by atoms with Crippen LogP contribution in [0, 0.1) is 5.92 Å². The minimum Gasteiger partial charge on any atom is -0.488 e. The lowest BCUT2D eigenvalue weighted by atomic mass is 9.99. The van der Waals surface area contributed by atoms with Crippen molar-refractivity contribution in [3.63, 3.8) is 0 Å². The summed E-state index contributed by atoms with van der Waals surface area (Å²) in [5, 5.41) is 10.2. The highest BCUT2D eigenvalue weighted by Crippen LogP contribution is 2.31. The number of hydrogen-bond donors (Lipinski definition) is 1. The minimum absolute atomic E-state index is 0.0799.